The lowest BCUT2D eigenvalue weighted by atomic mass is 9.75. The molecular weight excluding hydrogens is 202 g/mol. The van der Waals surface area contributed by atoms with Crippen LogP contribution in [0.3, 0.4) is 0 Å². The Balaban J connectivity index is 2.58. The Labute approximate surface area is 97.8 Å². The smallest absolute Gasteiger partial charge is 0.320 e. The molecule has 3 heteroatoms. The van der Waals surface area contributed by atoms with Crippen molar-refractivity contribution in [3.8, 4) is 6.07 Å². The van der Waals surface area contributed by atoms with Gasteiger partial charge < -0.3 is 4.74 Å². The number of carbonyl (C=O) groups is 1. The zero-order valence-corrected chi connectivity index (χ0v) is 10.4. The third-order valence-corrected chi connectivity index (χ3v) is 3.47. The van der Waals surface area contributed by atoms with E-state index in [0.717, 1.165) is 12.8 Å². The van der Waals surface area contributed by atoms with E-state index in [1.54, 1.807) is 0 Å². The monoisotopic (exact) mass is 223 g/mol. The van der Waals surface area contributed by atoms with Crippen LogP contribution >= 0.6 is 0 Å². The molecule has 0 heterocycles. The normalized spacial score (nSPS) is 29.8. The second-order valence-corrected chi connectivity index (χ2v) is 5.19. The number of carbonyl (C=O) groups excluding carboxylic acids is 1. The van der Waals surface area contributed by atoms with Crippen LogP contribution in [0.2, 0.25) is 0 Å². The first-order valence-electron chi connectivity index (χ1n) is 6.11. The molecule has 1 aliphatic carbocycles. The van der Waals surface area contributed by atoms with Crippen LogP contribution in [0.15, 0.2) is 0 Å². The van der Waals surface area contributed by atoms with Crippen LogP contribution in [0.4, 0.5) is 0 Å². The van der Waals surface area contributed by atoms with Gasteiger partial charge in [0.1, 0.15) is 12.5 Å². The molecule has 0 spiro atoms. The predicted molar refractivity (Wildman–Crippen MR) is 61.5 cm³/mol. The zero-order chi connectivity index (χ0) is 12.1. The van der Waals surface area contributed by atoms with Gasteiger partial charge in [0, 0.05) is 0 Å². The van der Waals surface area contributed by atoms with Crippen molar-refractivity contribution in [2.45, 2.75) is 52.6 Å². The van der Waals surface area contributed by atoms with Crippen LogP contribution in [-0.4, -0.2) is 12.1 Å². The summed E-state index contributed by atoms with van der Waals surface area (Å²) in [6.07, 6.45) is 3.18. The van der Waals surface area contributed by atoms with Gasteiger partial charge in [0.25, 0.3) is 0 Å². The number of nitriles is 1. The summed E-state index contributed by atoms with van der Waals surface area (Å²) in [4.78, 5) is 11.3. The Bertz CT molecular complexity index is 280. The highest BCUT2D eigenvalue weighted by Crippen LogP contribution is 2.35. The molecule has 0 bridgehead atoms. The minimum absolute atomic E-state index is 0.0181. The second-order valence-electron chi connectivity index (χ2n) is 5.19. The number of rotatable bonds is 3. The predicted octanol–water partition coefficient (Wildman–Crippen LogP) is 2.90. The maximum atomic E-state index is 11.3. The Kier molecular flexibility index (Phi) is 4.79. The van der Waals surface area contributed by atoms with E-state index < -0.39 is 0 Å². The van der Waals surface area contributed by atoms with Crippen LogP contribution in [-0.2, 0) is 9.53 Å². The maximum Gasteiger partial charge on any atom is 0.320 e. The molecule has 1 rings (SSSR count). The van der Waals surface area contributed by atoms with Crippen LogP contribution in [0.5, 0.6) is 0 Å². The molecule has 0 aliphatic heterocycles. The van der Waals surface area contributed by atoms with Crippen molar-refractivity contribution in [2.75, 3.05) is 0 Å². The lowest BCUT2D eigenvalue weighted by Crippen LogP contribution is -2.35. The zero-order valence-electron chi connectivity index (χ0n) is 10.4. The molecule has 3 nitrogen and oxygen atoms in total. The van der Waals surface area contributed by atoms with Gasteiger partial charge in [0.2, 0.25) is 0 Å². The number of nitrogens with zero attached hydrogens (tertiary/aromatic N) is 1. The van der Waals surface area contributed by atoms with Gasteiger partial charge in [0.05, 0.1) is 6.07 Å². The first-order valence-corrected chi connectivity index (χ1v) is 6.11. The molecule has 3 atom stereocenters. The molecule has 0 aromatic carbocycles. The van der Waals surface area contributed by atoms with Gasteiger partial charge >= 0.3 is 5.97 Å². The van der Waals surface area contributed by atoms with Gasteiger partial charge in [-0.2, -0.15) is 5.26 Å². The fraction of sp³-hybridized carbons (Fsp3) is 0.846. The summed E-state index contributed by atoms with van der Waals surface area (Å²) >= 11 is 0. The highest BCUT2D eigenvalue weighted by molar-refractivity contribution is 5.71. The van der Waals surface area contributed by atoms with Crippen molar-refractivity contribution < 1.29 is 9.53 Å². The number of ether oxygens (including phenoxy) is 1. The van der Waals surface area contributed by atoms with E-state index in [2.05, 4.69) is 20.8 Å². The summed E-state index contributed by atoms with van der Waals surface area (Å²) in [5, 5.41) is 8.44. The van der Waals surface area contributed by atoms with Gasteiger partial charge in [0.15, 0.2) is 0 Å². The Morgan fingerprint density at radius 2 is 2.19 bits per heavy atom. The van der Waals surface area contributed by atoms with Gasteiger partial charge in [-0.15, -0.1) is 0 Å². The quantitative estimate of drug-likeness (QED) is 0.691. The van der Waals surface area contributed by atoms with Crippen LogP contribution < -0.4 is 0 Å². The standard InChI is InChI=1S/C13H21NO2/c1-9(2)11-5-4-10(3)8-12(11)16-13(15)6-7-14/h9-12H,4-6,8H2,1-3H3/t10-,11+,12+/m0/s1. The van der Waals surface area contributed by atoms with Crippen molar-refractivity contribution >= 4 is 5.97 Å². The first kappa shape index (κ1) is 13.0. The molecule has 0 unspecified atom stereocenters. The summed E-state index contributed by atoms with van der Waals surface area (Å²) in [6, 6.07) is 1.84. The molecule has 0 radical (unpaired) electrons. The van der Waals surface area contributed by atoms with Crippen molar-refractivity contribution in [1.82, 2.24) is 0 Å². The topological polar surface area (TPSA) is 50.1 Å². The summed E-state index contributed by atoms with van der Waals surface area (Å²) in [6.45, 7) is 6.54. The fourth-order valence-electron chi connectivity index (χ4n) is 2.53. The average molecular weight is 223 g/mol. The summed E-state index contributed by atoms with van der Waals surface area (Å²) in [5.74, 6) is 1.24. The van der Waals surface area contributed by atoms with E-state index >= 15 is 0 Å². The third-order valence-electron chi connectivity index (χ3n) is 3.47. The highest BCUT2D eigenvalue weighted by Gasteiger charge is 2.33. The number of esters is 1. The lowest BCUT2D eigenvalue weighted by molar-refractivity contribution is -0.154. The van der Waals surface area contributed by atoms with Crippen molar-refractivity contribution in [3.05, 3.63) is 0 Å². The van der Waals surface area contributed by atoms with E-state index in [1.165, 1.54) is 6.42 Å². The Morgan fingerprint density at radius 1 is 1.50 bits per heavy atom. The van der Waals surface area contributed by atoms with Gasteiger partial charge in [-0.1, -0.05) is 27.2 Å². The van der Waals surface area contributed by atoms with E-state index in [-0.39, 0.29) is 18.5 Å². The summed E-state index contributed by atoms with van der Waals surface area (Å²) < 4.78 is 5.41. The van der Waals surface area contributed by atoms with Crippen LogP contribution in [0, 0.1) is 29.1 Å². The van der Waals surface area contributed by atoms with E-state index in [4.69, 9.17) is 10.00 Å². The molecule has 0 amide bonds. The summed E-state index contributed by atoms with van der Waals surface area (Å²) in [7, 11) is 0. The minimum Gasteiger partial charge on any atom is -0.461 e. The molecule has 0 saturated heterocycles. The fourth-order valence-corrected chi connectivity index (χ4v) is 2.53. The molecule has 1 fully saturated rings. The lowest BCUT2D eigenvalue weighted by Gasteiger charge is -2.36. The second kappa shape index (κ2) is 5.89. The third kappa shape index (κ3) is 3.52. The Morgan fingerprint density at radius 3 is 2.75 bits per heavy atom. The van der Waals surface area contributed by atoms with E-state index in [0.29, 0.717) is 17.8 Å². The molecule has 90 valence electrons. The molecular formula is C13H21NO2. The minimum atomic E-state index is -0.368. The molecule has 16 heavy (non-hydrogen) atoms. The first-order chi connectivity index (χ1) is 7.54. The highest BCUT2D eigenvalue weighted by atomic mass is 16.5. The van der Waals surface area contributed by atoms with Crippen molar-refractivity contribution in [3.63, 3.8) is 0 Å². The van der Waals surface area contributed by atoms with E-state index in [9.17, 15) is 4.79 Å². The Hall–Kier alpha value is -1.04. The van der Waals surface area contributed by atoms with Crippen LogP contribution in [0.25, 0.3) is 0 Å². The molecule has 1 saturated carbocycles. The number of hydrogen-bond acceptors (Lipinski definition) is 3. The van der Waals surface area contributed by atoms with Crippen LogP contribution in [0.1, 0.15) is 46.5 Å². The molecule has 0 aromatic heterocycles. The van der Waals surface area contributed by atoms with Gasteiger partial charge in [-0.3, -0.25) is 4.79 Å². The van der Waals surface area contributed by atoms with Gasteiger partial charge in [-0.25, -0.2) is 0 Å². The summed E-state index contributed by atoms with van der Waals surface area (Å²) in [5.41, 5.74) is 0. The largest absolute Gasteiger partial charge is 0.461 e. The maximum absolute atomic E-state index is 11.3. The van der Waals surface area contributed by atoms with E-state index in [1.807, 2.05) is 6.07 Å². The average Bonchev–Trinajstić information content (AvgIpc) is 2.17. The molecule has 0 aromatic rings. The molecule has 1 aliphatic rings. The van der Waals surface area contributed by atoms with Crippen molar-refractivity contribution in [2.24, 2.45) is 17.8 Å². The van der Waals surface area contributed by atoms with Crippen molar-refractivity contribution in [1.29, 1.82) is 5.26 Å². The number of hydrogen-bond donors (Lipinski definition) is 0. The molecule has 0 N–H and O–H groups in total. The SMILES string of the molecule is CC(C)[C@H]1CC[C@H](C)C[C@H]1OC(=O)CC#N. The van der Waals surface area contributed by atoms with Gasteiger partial charge in [-0.05, 0) is 30.6 Å².